The maximum absolute atomic E-state index is 13.9. The van der Waals surface area contributed by atoms with Gasteiger partial charge in [-0.25, -0.2) is 4.79 Å². The Kier molecular flexibility index (Phi) is 8.14. The van der Waals surface area contributed by atoms with Gasteiger partial charge in [-0.05, 0) is 70.7 Å². The Bertz CT molecular complexity index is 1290. The zero-order chi connectivity index (χ0) is 27.6. The summed E-state index contributed by atoms with van der Waals surface area (Å²) in [6.07, 6.45) is 0.562. The first-order valence-electron chi connectivity index (χ1n) is 13.1. The van der Waals surface area contributed by atoms with E-state index >= 15 is 0 Å². The van der Waals surface area contributed by atoms with Gasteiger partial charge in [0.1, 0.15) is 5.75 Å². The van der Waals surface area contributed by atoms with Gasteiger partial charge in [-0.1, -0.05) is 24.3 Å². The van der Waals surface area contributed by atoms with Gasteiger partial charge in [0, 0.05) is 29.0 Å². The van der Waals surface area contributed by atoms with Crippen molar-refractivity contribution in [2.24, 2.45) is 0 Å². The summed E-state index contributed by atoms with van der Waals surface area (Å²) in [5.74, 6) is 0.837. The molecule has 4 rings (SSSR count). The largest absolute Gasteiger partial charge is 0.493 e. The van der Waals surface area contributed by atoms with E-state index in [2.05, 4.69) is 5.32 Å². The molecule has 202 valence electrons. The fourth-order valence-electron chi connectivity index (χ4n) is 5.32. The van der Waals surface area contributed by atoms with Crippen molar-refractivity contribution in [1.29, 1.82) is 0 Å². The number of nitrogens with one attached hydrogen (secondary N) is 1. The molecule has 0 fully saturated rings. The van der Waals surface area contributed by atoms with E-state index in [4.69, 9.17) is 18.9 Å². The number of dihydropyridines is 1. The number of carbonyl (C=O) groups excluding carboxylic acids is 2. The summed E-state index contributed by atoms with van der Waals surface area (Å²) in [5, 5.41) is 3.40. The average molecular weight is 520 g/mol. The highest BCUT2D eigenvalue weighted by Crippen LogP contribution is 2.48. The van der Waals surface area contributed by atoms with Crippen molar-refractivity contribution in [3.63, 3.8) is 0 Å². The minimum absolute atomic E-state index is 0.00904. The van der Waals surface area contributed by atoms with Crippen molar-refractivity contribution in [3.05, 3.63) is 76.1 Å². The fourth-order valence-corrected chi connectivity index (χ4v) is 5.32. The van der Waals surface area contributed by atoms with E-state index in [9.17, 15) is 9.59 Å². The van der Waals surface area contributed by atoms with Crippen molar-refractivity contribution in [2.45, 2.75) is 71.5 Å². The van der Waals surface area contributed by atoms with Crippen LogP contribution in [0.25, 0.3) is 0 Å². The molecule has 1 aliphatic heterocycles. The highest BCUT2D eigenvalue weighted by atomic mass is 16.5. The van der Waals surface area contributed by atoms with Crippen molar-refractivity contribution in [1.82, 2.24) is 5.32 Å². The minimum atomic E-state index is -0.591. The smallest absolute Gasteiger partial charge is 0.337 e. The molecular formula is C31H37NO6. The second-order valence-corrected chi connectivity index (χ2v) is 10.3. The molecule has 2 atom stereocenters. The molecule has 1 aliphatic carbocycles. The van der Waals surface area contributed by atoms with Gasteiger partial charge in [0.05, 0.1) is 37.9 Å². The van der Waals surface area contributed by atoms with Gasteiger partial charge in [0.25, 0.3) is 0 Å². The molecule has 0 bridgehead atoms. The second-order valence-electron chi connectivity index (χ2n) is 10.3. The maximum atomic E-state index is 13.9. The number of methoxy groups -OCH3 is 2. The highest BCUT2D eigenvalue weighted by Gasteiger charge is 2.42. The normalized spacial score (nSPS) is 19.3. The van der Waals surface area contributed by atoms with Crippen LogP contribution in [-0.4, -0.2) is 38.2 Å². The summed E-state index contributed by atoms with van der Waals surface area (Å²) >= 11 is 0. The molecule has 0 spiro atoms. The van der Waals surface area contributed by atoms with Crippen LogP contribution in [0.15, 0.2) is 65.0 Å². The van der Waals surface area contributed by atoms with Crippen molar-refractivity contribution in [2.75, 3.05) is 14.2 Å². The quantitative estimate of drug-likeness (QED) is 0.441. The van der Waals surface area contributed by atoms with Crippen LogP contribution in [0.1, 0.15) is 70.4 Å². The lowest BCUT2D eigenvalue weighted by molar-refractivity contribution is -0.143. The number of hydrogen-bond acceptors (Lipinski definition) is 7. The predicted octanol–water partition coefficient (Wildman–Crippen LogP) is 5.80. The third kappa shape index (κ3) is 5.42. The zero-order valence-electron chi connectivity index (χ0n) is 23.2. The standard InChI is InChI=1S/C31H37NO6/c1-17(2)37-25-11-9-8-10-22(25)29-28(31(34)38-18(3)4)19(5)32-23-14-21(15-24(33)30(23)29)20-12-13-26(35-6)27(16-20)36-7/h8-13,16-18,21,29,32H,14-15H2,1-7H3/t21-,29-/m1/s1. The van der Waals surface area contributed by atoms with Crippen LogP contribution in [0, 0.1) is 0 Å². The summed E-state index contributed by atoms with van der Waals surface area (Å²) in [5.41, 5.74) is 4.32. The highest BCUT2D eigenvalue weighted by molar-refractivity contribution is 6.04. The summed E-state index contributed by atoms with van der Waals surface area (Å²) < 4.78 is 22.7. The van der Waals surface area contributed by atoms with Crippen LogP contribution < -0.4 is 19.5 Å². The molecule has 0 saturated carbocycles. The monoisotopic (exact) mass is 519 g/mol. The van der Waals surface area contributed by atoms with Crippen LogP contribution in [0.3, 0.4) is 0 Å². The first-order chi connectivity index (χ1) is 18.1. The lowest BCUT2D eigenvalue weighted by Gasteiger charge is -2.37. The summed E-state index contributed by atoms with van der Waals surface area (Å²) in [6.45, 7) is 9.42. The molecule has 1 heterocycles. The molecule has 0 amide bonds. The van der Waals surface area contributed by atoms with Crippen molar-refractivity contribution in [3.8, 4) is 17.2 Å². The molecule has 2 aromatic rings. The first-order valence-corrected chi connectivity index (χ1v) is 13.1. The number of rotatable bonds is 8. The van der Waals surface area contributed by atoms with E-state index in [-0.39, 0.29) is 23.9 Å². The van der Waals surface area contributed by atoms with Gasteiger partial charge in [-0.3, -0.25) is 4.79 Å². The van der Waals surface area contributed by atoms with Gasteiger partial charge in [-0.2, -0.15) is 0 Å². The molecule has 38 heavy (non-hydrogen) atoms. The summed E-state index contributed by atoms with van der Waals surface area (Å²) in [6, 6.07) is 13.4. The van der Waals surface area contributed by atoms with Crippen LogP contribution in [0.4, 0.5) is 0 Å². The Morgan fingerprint density at radius 2 is 1.63 bits per heavy atom. The van der Waals surface area contributed by atoms with Crippen LogP contribution in [0.5, 0.6) is 17.2 Å². The topological polar surface area (TPSA) is 83.1 Å². The number of Topliss-reactive ketones (excluding diaryl/α,β-unsaturated/α-hetero) is 1. The second kappa shape index (κ2) is 11.3. The molecule has 1 N–H and O–H groups in total. The number of ether oxygens (including phenoxy) is 4. The number of esters is 1. The van der Waals surface area contributed by atoms with E-state index in [0.717, 1.165) is 16.8 Å². The maximum Gasteiger partial charge on any atom is 0.337 e. The number of hydrogen-bond donors (Lipinski definition) is 1. The Morgan fingerprint density at radius 1 is 0.921 bits per heavy atom. The molecule has 0 radical (unpaired) electrons. The van der Waals surface area contributed by atoms with E-state index in [1.54, 1.807) is 14.2 Å². The van der Waals surface area contributed by atoms with Crippen molar-refractivity contribution < 1.29 is 28.5 Å². The van der Waals surface area contributed by atoms with Crippen molar-refractivity contribution >= 4 is 11.8 Å². The molecule has 7 heteroatoms. The van der Waals surface area contributed by atoms with Gasteiger partial charge in [0.2, 0.25) is 0 Å². The van der Waals surface area contributed by atoms with E-state index in [0.29, 0.717) is 46.9 Å². The lowest BCUT2D eigenvalue weighted by Crippen LogP contribution is -2.36. The van der Waals surface area contributed by atoms with Gasteiger partial charge in [-0.15, -0.1) is 0 Å². The number of benzene rings is 2. The van der Waals surface area contributed by atoms with Gasteiger partial charge < -0.3 is 24.3 Å². The SMILES string of the molecule is COc1ccc([C@H]2CC(=O)C3=C(C2)NC(C)=C(C(=O)OC(C)C)[C@H]3c2ccccc2OC(C)C)cc1OC. The van der Waals surface area contributed by atoms with Crippen LogP contribution >= 0.6 is 0 Å². The van der Waals surface area contributed by atoms with E-state index in [1.165, 1.54) is 0 Å². The number of ketones is 1. The van der Waals surface area contributed by atoms with E-state index in [1.807, 2.05) is 77.1 Å². The van der Waals surface area contributed by atoms with Crippen LogP contribution in [0.2, 0.25) is 0 Å². The molecule has 2 aliphatic rings. The molecule has 0 unspecified atom stereocenters. The zero-order valence-corrected chi connectivity index (χ0v) is 23.2. The number of allylic oxidation sites excluding steroid dienone is 3. The Balaban J connectivity index is 1.82. The first kappa shape index (κ1) is 27.3. The number of carbonyl (C=O) groups is 2. The summed E-state index contributed by atoms with van der Waals surface area (Å²) in [7, 11) is 3.20. The Labute approximate surface area is 224 Å². The molecule has 7 nitrogen and oxygen atoms in total. The lowest BCUT2D eigenvalue weighted by atomic mass is 9.71. The predicted molar refractivity (Wildman–Crippen MR) is 146 cm³/mol. The third-order valence-corrected chi connectivity index (χ3v) is 6.86. The summed E-state index contributed by atoms with van der Waals surface area (Å²) in [4.78, 5) is 27.3. The fraction of sp³-hybridized carbons (Fsp3) is 0.419. The Morgan fingerprint density at radius 3 is 2.29 bits per heavy atom. The molecule has 0 saturated heterocycles. The Hall–Kier alpha value is -3.74. The minimum Gasteiger partial charge on any atom is -0.493 e. The van der Waals surface area contributed by atoms with E-state index < -0.39 is 11.9 Å². The third-order valence-electron chi connectivity index (χ3n) is 6.86. The van der Waals surface area contributed by atoms with Gasteiger partial charge in [0.15, 0.2) is 17.3 Å². The number of para-hydroxylation sites is 1. The average Bonchev–Trinajstić information content (AvgIpc) is 2.86. The molecule has 2 aromatic carbocycles. The molecular weight excluding hydrogens is 482 g/mol. The van der Waals surface area contributed by atoms with Gasteiger partial charge >= 0.3 is 5.97 Å². The van der Waals surface area contributed by atoms with Crippen LogP contribution in [-0.2, 0) is 14.3 Å². The molecule has 0 aromatic heterocycles.